The second-order valence-corrected chi connectivity index (χ2v) is 5.79. The first-order valence-corrected chi connectivity index (χ1v) is 5.84. The van der Waals surface area contributed by atoms with Gasteiger partial charge in [-0.05, 0) is 51.8 Å². The van der Waals surface area contributed by atoms with Gasteiger partial charge in [-0.15, -0.1) is 0 Å². The molecule has 0 saturated heterocycles. The van der Waals surface area contributed by atoms with Gasteiger partial charge < -0.3 is 9.84 Å². The summed E-state index contributed by atoms with van der Waals surface area (Å²) in [4.78, 5) is 11.4. The van der Waals surface area contributed by atoms with Gasteiger partial charge in [-0.25, -0.2) is 4.79 Å². The van der Waals surface area contributed by atoms with Gasteiger partial charge in [0.25, 0.3) is 0 Å². The van der Waals surface area contributed by atoms with E-state index in [1.165, 1.54) is 0 Å². The Morgan fingerprint density at radius 3 is 2.50 bits per heavy atom. The van der Waals surface area contributed by atoms with Crippen molar-refractivity contribution in [1.29, 1.82) is 0 Å². The lowest BCUT2D eigenvalue weighted by atomic mass is 10.2. The van der Waals surface area contributed by atoms with Crippen LogP contribution in [0.3, 0.4) is 0 Å². The monoisotopic (exact) mass is 218 g/mol. The van der Waals surface area contributed by atoms with E-state index in [1.807, 2.05) is 20.8 Å². The average molecular weight is 218 g/mol. The average Bonchev–Trinajstić information content (AvgIpc) is 2.32. The van der Waals surface area contributed by atoms with Gasteiger partial charge in [0.2, 0.25) is 0 Å². The molecule has 2 atom stereocenters. The Kier molecular flexibility index (Phi) is 3.84. The molecule has 1 fully saturated rings. The summed E-state index contributed by atoms with van der Waals surface area (Å²) in [5.41, 5.74) is -0.437. The Labute approximate surface area is 89.2 Å². The summed E-state index contributed by atoms with van der Waals surface area (Å²) in [6.07, 6.45) is 2.38. The van der Waals surface area contributed by atoms with Gasteiger partial charge in [-0.1, -0.05) is 0 Å². The molecule has 82 valence electrons. The molecule has 4 heteroatoms. The molecule has 0 heterocycles. The van der Waals surface area contributed by atoms with E-state index in [-0.39, 0.29) is 16.7 Å². The van der Waals surface area contributed by atoms with Crippen molar-refractivity contribution in [3.8, 4) is 0 Å². The molecule has 0 aromatic carbocycles. The summed E-state index contributed by atoms with van der Waals surface area (Å²) < 4.78 is 5.16. The number of hydrogen-bond donors (Lipinski definition) is 1. The van der Waals surface area contributed by atoms with E-state index in [0.29, 0.717) is 0 Å². The molecule has 1 aliphatic rings. The van der Waals surface area contributed by atoms with Gasteiger partial charge in [-0.2, -0.15) is 0 Å². The molecule has 0 aliphatic heterocycles. The molecule has 1 rings (SSSR count). The second-order valence-electron chi connectivity index (χ2n) is 4.62. The standard InChI is InChI=1S/C10H18O3S/c1-10(2,3)13-9(12)14-8-6-4-5-7(8)11/h7-8,11H,4-6H2,1-3H3/t7-,8-/m1/s1. The molecular weight excluding hydrogens is 200 g/mol. The molecule has 1 saturated carbocycles. The fourth-order valence-corrected chi connectivity index (χ4v) is 2.56. The zero-order valence-corrected chi connectivity index (χ0v) is 9.76. The summed E-state index contributed by atoms with van der Waals surface area (Å²) in [6, 6.07) is 0. The number of aliphatic hydroxyl groups is 1. The van der Waals surface area contributed by atoms with E-state index in [4.69, 9.17) is 4.74 Å². The predicted molar refractivity (Wildman–Crippen MR) is 57.5 cm³/mol. The highest BCUT2D eigenvalue weighted by Crippen LogP contribution is 2.31. The molecule has 0 radical (unpaired) electrons. The van der Waals surface area contributed by atoms with Gasteiger partial charge in [0.1, 0.15) is 5.60 Å². The highest BCUT2D eigenvalue weighted by Gasteiger charge is 2.30. The number of carbonyl (C=O) groups is 1. The van der Waals surface area contributed by atoms with E-state index in [1.54, 1.807) is 0 Å². The first-order chi connectivity index (χ1) is 6.38. The number of ether oxygens (including phenoxy) is 1. The number of thioether (sulfide) groups is 1. The van der Waals surface area contributed by atoms with Crippen molar-refractivity contribution >= 4 is 17.1 Å². The SMILES string of the molecule is CC(C)(C)OC(=O)S[C@@H]1CCC[C@H]1O. The van der Waals surface area contributed by atoms with Crippen molar-refractivity contribution in [2.45, 2.75) is 57.0 Å². The minimum Gasteiger partial charge on any atom is -0.452 e. The van der Waals surface area contributed by atoms with E-state index < -0.39 is 5.60 Å². The summed E-state index contributed by atoms with van der Waals surface area (Å²) in [7, 11) is 0. The number of rotatable bonds is 1. The lowest BCUT2D eigenvalue weighted by molar-refractivity contribution is 0.0734. The van der Waals surface area contributed by atoms with Crippen LogP contribution < -0.4 is 0 Å². The molecule has 3 nitrogen and oxygen atoms in total. The maximum absolute atomic E-state index is 11.4. The Morgan fingerprint density at radius 1 is 1.43 bits per heavy atom. The van der Waals surface area contributed by atoms with Crippen molar-refractivity contribution in [3.63, 3.8) is 0 Å². The van der Waals surface area contributed by atoms with Crippen LogP contribution in [-0.2, 0) is 4.74 Å². The number of hydrogen-bond acceptors (Lipinski definition) is 4. The summed E-state index contributed by atoms with van der Waals surface area (Å²) in [5.74, 6) is 0. The molecule has 0 spiro atoms. The van der Waals surface area contributed by atoms with E-state index in [0.717, 1.165) is 31.0 Å². The van der Waals surface area contributed by atoms with Gasteiger partial charge in [0, 0.05) is 5.25 Å². The Bertz CT molecular complexity index is 210. The predicted octanol–water partition coefficient (Wildman–Crippen LogP) is 2.57. The molecule has 0 amide bonds. The minimum absolute atomic E-state index is 0.0323. The molecule has 0 bridgehead atoms. The topological polar surface area (TPSA) is 46.5 Å². The molecule has 0 aromatic heterocycles. The largest absolute Gasteiger partial charge is 0.452 e. The quantitative estimate of drug-likeness (QED) is 0.687. The van der Waals surface area contributed by atoms with Crippen LogP contribution in [0, 0.1) is 0 Å². The normalized spacial score (nSPS) is 27.7. The van der Waals surface area contributed by atoms with E-state index >= 15 is 0 Å². The Hall–Kier alpha value is -0.220. The van der Waals surface area contributed by atoms with Crippen molar-refractivity contribution in [2.24, 2.45) is 0 Å². The molecule has 0 unspecified atom stereocenters. The zero-order chi connectivity index (χ0) is 10.8. The number of carbonyl (C=O) groups excluding carboxylic acids is 1. The van der Waals surface area contributed by atoms with Crippen molar-refractivity contribution in [3.05, 3.63) is 0 Å². The van der Waals surface area contributed by atoms with Crippen LogP contribution in [0.2, 0.25) is 0 Å². The summed E-state index contributed by atoms with van der Waals surface area (Å²) in [5, 5.41) is 9.27. The third-order valence-corrected chi connectivity index (χ3v) is 3.18. The zero-order valence-electron chi connectivity index (χ0n) is 8.95. The van der Waals surface area contributed by atoms with Gasteiger partial charge in [-0.3, -0.25) is 0 Å². The van der Waals surface area contributed by atoms with Crippen LogP contribution in [0.15, 0.2) is 0 Å². The maximum Gasteiger partial charge on any atom is 0.368 e. The molecule has 1 N–H and O–H groups in total. The third-order valence-electron chi connectivity index (χ3n) is 2.05. The highest BCUT2D eigenvalue weighted by atomic mass is 32.2. The smallest absolute Gasteiger partial charge is 0.368 e. The fourth-order valence-electron chi connectivity index (χ4n) is 1.44. The van der Waals surface area contributed by atoms with Crippen LogP contribution in [0.5, 0.6) is 0 Å². The van der Waals surface area contributed by atoms with Crippen LogP contribution in [0.1, 0.15) is 40.0 Å². The lowest BCUT2D eigenvalue weighted by Gasteiger charge is -2.21. The minimum atomic E-state index is -0.437. The van der Waals surface area contributed by atoms with E-state index in [9.17, 15) is 9.90 Å². The van der Waals surface area contributed by atoms with E-state index in [2.05, 4.69) is 0 Å². The highest BCUT2D eigenvalue weighted by molar-refractivity contribution is 8.13. The van der Waals surface area contributed by atoms with Crippen molar-refractivity contribution in [2.75, 3.05) is 0 Å². The molecular formula is C10H18O3S. The molecule has 1 aliphatic carbocycles. The summed E-state index contributed by atoms with van der Waals surface area (Å²) in [6.45, 7) is 5.53. The van der Waals surface area contributed by atoms with Crippen LogP contribution in [-0.4, -0.2) is 27.4 Å². The first kappa shape index (κ1) is 11.9. The van der Waals surface area contributed by atoms with Gasteiger partial charge in [0.15, 0.2) is 0 Å². The lowest BCUT2D eigenvalue weighted by Crippen LogP contribution is -2.24. The molecule has 14 heavy (non-hydrogen) atoms. The maximum atomic E-state index is 11.4. The Balaban J connectivity index is 2.33. The van der Waals surface area contributed by atoms with Gasteiger partial charge >= 0.3 is 5.30 Å². The van der Waals surface area contributed by atoms with Crippen LogP contribution >= 0.6 is 11.8 Å². The van der Waals surface area contributed by atoms with Gasteiger partial charge in [0.05, 0.1) is 6.10 Å². The number of aliphatic hydroxyl groups excluding tert-OH is 1. The third kappa shape index (κ3) is 3.88. The second kappa shape index (κ2) is 4.53. The summed E-state index contributed by atoms with van der Waals surface area (Å²) >= 11 is 1.13. The van der Waals surface area contributed by atoms with Crippen LogP contribution in [0.4, 0.5) is 4.79 Å². The Morgan fingerprint density at radius 2 is 2.07 bits per heavy atom. The first-order valence-electron chi connectivity index (χ1n) is 4.96. The van der Waals surface area contributed by atoms with Crippen molar-refractivity contribution in [1.82, 2.24) is 0 Å². The van der Waals surface area contributed by atoms with Crippen molar-refractivity contribution < 1.29 is 14.6 Å². The fraction of sp³-hybridized carbons (Fsp3) is 0.900. The van der Waals surface area contributed by atoms with Crippen LogP contribution in [0.25, 0.3) is 0 Å². The molecule has 0 aromatic rings.